The van der Waals surface area contributed by atoms with Crippen LogP contribution in [0.3, 0.4) is 0 Å². The second kappa shape index (κ2) is 5.76. The van der Waals surface area contributed by atoms with Crippen LogP contribution >= 0.6 is 0 Å². The van der Waals surface area contributed by atoms with E-state index in [4.69, 9.17) is 10.5 Å². The summed E-state index contributed by atoms with van der Waals surface area (Å²) in [5.74, 6) is -0.304. The maximum atomic E-state index is 11.7. The summed E-state index contributed by atoms with van der Waals surface area (Å²) in [6.45, 7) is 0.153. The molecule has 0 bridgehead atoms. The SMILES string of the molecule is COC(=O)/C(=C/c1ccccc1)Cn1nnnc1N. The number of rotatable bonds is 4. The molecule has 19 heavy (non-hydrogen) atoms. The summed E-state index contributed by atoms with van der Waals surface area (Å²) in [6, 6.07) is 9.42. The normalized spacial score (nSPS) is 11.3. The Hall–Kier alpha value is -2.70. The molecular formula is C12H13N5O2. The van der Waals surface area contributed by atoms with Crippen LogP contribution in [-0.4, -0.2) is 33.3 Å². The van der Waals surface area contributed by atoms with E-state index in [0.29, 0.717) is 5.57 Å². The van der Waals surface area contributed by atoms with Gasteiger partial charge < -0.3 is 10.5 Å². The van der Waals surface area contributed by atoms with Crippen molar-refractivity contribution in [3.8, 4) is 0 Å². The summed E-state index contributed by atoms with van der Waals surface area (Å²) in [4.78, 5) is 11.7. The van der Waals surface area contributed by atoms with Crippen LogP contribution in [0, 0.1) is 0 Å². The van der Waals surface area contributed by atoms with Crippen molar-refractivity contribution >= 4 is 18.0 Å². The fourth-order valence-electron chi connectivity index (χ4n) is 1.54. The molecule has 1 aromatic carbocycles. The monoisotopic (exact) mass is 259 g/mol. The van der Waals surface area contributed by atoms with E-state index in [1.165, 1.54) is 11.8 Å². The summed E-state index contributed by atoms with van der Waals surface area (Å²) in [5, 5.41) is 10.7. The van der Waals surface area contributed by atoms with Crippen LogP contribution in [0.15, 0.2) is 35.9 Å². The molecule has 0 spiro atoms. The topological polar surface area (TPSA) is 95.9 Å². The zero-order chi connectivity index (χ0) is 13.7. The third-order valence-electron chi connectivity index (χ3n) is 2.47. The second-order valence-corrected chi connectivity index (χ2v) is 3.77. The molecule has 1 aromatic heterocycles. The van der Waals surface area contributed by atoms with Crippen molar-refractivity contribution in [2.75, 3.05) is 12.8 Å². The third kappa shape index (κ3) is 3.15. The van der Waals surface area contributed by atoms with E-state index in [-0.39, 0.29) is 12.5 Å². The second-order valence-electron chi connectivity index (χ2n) is 3.77. The molecule has 0 atom stereocenters. The predicted molar refractivity (Wildman–Crippen MR) is 68.7 cm³/mol. The van der Waals surface area contributed by atoms with Gasteiger partial charge in [0, 0.05) is 0 Å². The van der Waals surface area contributed by atoms with Crippen LogP contribution in [-0.2, 0) is 16.1 Å². The number of hydrogen-bond acceptors (Lipinski definition) is 6. The molecule has 7 nitrogen and oxygen atoms in total. The van der Waals surface area contributed by atoms with Gasteiger partial charge in [0.2, 0.25) is 5.95 Å². The first-order chi connectivity index (χ1) is 9.20. The van der Waals surface area contributed by atoms with Crippen molar-refractivity contribution in [3.05, 3.63) is 41.5 Å². The molecule has 0 aliphatic heterocycles. The molecule has 0 amide bonds. The lowest BCUT2D eigenvalue weighted by molar-refractivity contribution is -0.136. The van der Waals surface area contributed by atoms with Gasteiger partial charge in [-0.1, -0.05) is 35.4 Å². The number of benzene rings is 1. The number of ether oxygens (including phenoxy) is 1. The highest BCUT2D eigenvalue weighted by atomic mass is 16.5. The maximum Gasteiger partial charge on any atom is 0.335 e. The summed E-state index contributed by atoms with van der Waals surface area (Å²) in [7, 11) is 1.32. The molecule has 0 radical (unpaired) electrons. The van der Waals surface area contributed by atoms with Gasteiger partial charge in [0.1, 0.15) is 0 Å². The Morgan fingerprint density at radius 2 is 2.16 bits per heavy atom. The average Bonchev–Trinajstić information content (AvgIpc) is 2.84. The number of nitrogen functional groups attached to an aromatic ring is 1. The minimum atomic E-state index is -0.446. The lowest BCUT2D eigenvalue weighted by Crippen LogP contribution is -2.14. The van der Waals surface area contributed by atoms with Gasteiger partial charge >= 0.3 is 5.97 Å². The maximum absolute atomic E-state index is 11.7. The van der Waals surface area contributed by atoms with E-state index in [1.54, 1.807) is 6.08 Å². The van der Waals surface area contributed by atoms with E-state index in [9.17, 15) is 4.79 Å². The van der Waals surface area contributed by atoms with Crippen molar-refractivity contribution in [2.45, 2.75) is 6.54 Å². The third-order valence-corrected chi connectivity index (χ3v) is 2.47. The van der Waals surface area contributed by atoms with Crippen molar-refractivity contribution in [3.63, 3.8) is 0 Å². The molecule has 0 unspecified atom stereocenters. The first kappa shape index (κ1) is 12.7. The van der Waals surface area contributed by atoms with Gasteiger partial charge in [-0.2, -0.15) is 0 Å². The average molecular weight is 259 g/mol. The molecule has 7 heteroatoms. The summed E-state index contributed by atoms with van der Waals surface area (Å²) in [6.07, 6.45) is 1.72. The molecule has 0 saturated heterocycles. The van der Waals surface area contributed by atoms with Crippen LogP contribution < -0.4 is 5.73 Å². The molecule has 0 saturated carbocycles. The molecule has 0 fully saturated rings. The smallest absolute Gasteiger partial charge is 0.335 e. The number of tetrazole rings is 1. The fraction of sp³-hybridized carbons (Fsp3) is 0.167. The first-order valence-electron chi connectivity index (χ1n) is 5.56. The lowest BCUT2D eigenvalue weighted by atomic mass is 10.1. The summed E-state index contributed by atoms with van der Waals surface area (Å²) < 4.78 is 6.07. The van der Waals surface area contributed by atoms with E-state index >= 15 is 0 Å². The molecule has 2 aromatic rings. The van der Waals surface area contributed by atoms with E-state index in [0.717, 1.165) is 5.56 Å². The van der Waals surface area contributed by atoms with Gasteiger partial charge in [-0.3, -0.25) is 0 Å². The minimum absolute atomic E-state index is 0.142. The number of methoxy groups -OCH3 is 1. The van der Waals surface area contributed by atoms with Crippen LogP contribution in [0.5, 0.6) is 0 Å². The van der Waals surface area contributed by atoms with Crippen LogP contribution in [0.2, 0.25) is 0 Å². The quantitative estimate of drug-likeness (QED) is 0.635. The van der Waals surface area contributed by atoms with Gasteiger partial charge in [0.15, 0.2) is 0 Å². The standard InChI is InChI=1S/C12H13N5O2/c1-19-11(18)10(7-9-5-3-2-4-6-9)8-17-12(13)14-15-16-17/h2-7H,8H2,1H3,(H2,13,14,16)/b10-7+. The Morgan fingerprint density at radius 1 is 1.42 bits per heavy atom. The molecule has 2 rings (SSSR count). The largest absolute Gasteiger partial charge is 0.466 e. The summed E-state index contributed by atoms with van der Waals surface area (Å²) in [5.41, 5.74) is 6.87. The first-order valence-corrected chi connectivity index (χ1v) is 5.56. The summed E-state index contributed by atoms with van der Waals surface area (Å²) >= 11 is 0. The number of carbonyl (C=O) groups excluding carboxylic acids is 1. The molecular weight excluding hydrogens is 246 g/mol. The highest BCUT2D eigenvalue weighted by Gasteiger charge is 2.13. The molecule has 0 aliphatic carbocycles. The Bertz CT molecular complexity index is 591. The Morgan fingerprint density at radius 3 is 2.74 bits per heavy atom. The van der Waals surface area contributed by atoms with Gasteiger partial charge in [-0.15, -0.1) is 0 Å². The van der Waals surface area contributed by atoms with Crippen LogP contribution in [0.25, 0.3) is 6.08 Å². The number of anilines is 1. The van der Waals surface area contributed by atoms with E-state index in [1.807, 2.05) is 30.3 Å². The highest BCUT2D eigenvalue weighted by Crippen LogP contribution is 2.11. The van der Waals surface area contributed by atoms with Gasteiger partial charge in [0.25, 0.3) is 0 Å². The van der Waals surface area contributed by atoms with Gasteiger partial charge in [-0.05, 0) is 22.1 Å². The lowest BCUT2D eigenvalue weighted by Gasteiger charge is -2.06. The van der Waals surface area contributed by atoms with E-state index in [2.05, 4.69) is 15.5 Å². The fourth-order valence-corrected chi connectivity index (χ4v) is 1.54. The minimum Gasteiger partial charge on any atom is -0.466 e. The number of aromatic nitrogens is 4. The number of nitrogens with two attached hydrogens (primary N) is 1. The van der Waals surface area contributed by atoms with Crippen molar-refractivity contribution in [2.24, 2.45) is 0 Å². The van der Waals surface area contributed by atoms with E-state index < -0.39 is 5.97 Å². The number of nitrogens with zero attached hydrogens (tertiary/aromatic N) is 4. The number of carbonyl (C=O) groups is 1. The van der Waals surface area contributed by atoms with Gasteiger partial charge in [0.05, 0.1) is 19.2 Å². The molecule has 0 aliphatic rings. The van der Waals surface area contributed by atoms with Crippen LogP contribution in [0.4, 0.5) is 5.95 Å². The number of hydrogen-bond donors (Lipinski definition) is 1. The van der Waals surface area contributed by atoms with Crippen molar-refractivity contribution < 1.29 is 9.53 Å². The van der Waals surface area contributed by atoms with Crippen molar-refractivity contribution in [1.29, 1.82) is 0 Å². The molecule has 2 N–H and O–H groups in total. The molecule has 98 valence electrons. The Balaban J connectivity index is 2.29. The number of esters is 1. The zero-order valence-corrected chi connectivity index (χ0v) is 10.4. The molecule has 1 heterocycles. The van der Waals surface area contributed by atoms with Gasteiger partial charge in [-0.25, -0.2) is 9.48 Å². The zero-order valence-electron chi connectivity index (χ0n) is 10.4. The van der Waals surface area contributed by atoms with Crippen molar-refractivity contribution in [1.82, 2.24) is 20.2 Å². The Kier molecular flexibility index (Phi) is 3.87. The highest BCUT2D eigenvalue weighted by molar-refractivity contribution is 5.93. The van der Waals surface area contributed by atoms with Crippen LogP contribution in [0.1, 0.15) is 5.56 Å². The predicted octanol–water partition coefficient (Wildman–Crippen LogP) is 0.512. The Labute approximate surface area is 109 Å².